The number of aldehydes is 1. The third kappa shape index (κ3) is 9.69. The van der Waals surface area contributed by atoms with Crippen LogP contribution in [0.5, 0.6) is 0 Å². The van der Waals surface area contributed by atoms with Crippen LogP contribution in [0, 0.1) is 5.92 Å². The van der Waals surface area contributed by atoms with Gasteiger partial charge in [0.05, 0.1) is 6.61 Å². The van der Waals surface area contributed by atoms with Crippen molar-refractivity contribution in [3.8, 4) is 0 Å². The SMILES string of the molecule is CCOC(=O)CCCCC[C@H](C)CCC=O. The van der Waals surface area contributed by atoms with Crippen molar-refractivity contribution in [3.05, 3.63) is 0 Å². The fourth-order valence-corrected chi connectivity index (χ4v) is 1.67. The molecule has 0 rings (SSSR count). The summed E-state index contributed by atoms with van der Waals surface area (Å²) in [5.74, 6) is 0.532. The lowest BCUT2D eigenvalue weighted by molar-refractivity contribution is -0.143. The molecule has 0 aromatic heterocycles. The van der Waals surface area contributed by atoms with Crippen LogP contribution in [0.2, 0.25) is 0 Å². The second kappa shape index (κ2) is 10.7. The Labute approximate surface area is 98.6 Å². The smallest absolute Gasteiger partial charge is 0.305 e. The molecule has 0 aromatic rings. The van der Waals surface area contributed by atoms with Crippen LogP contribution >= 0.6 is 0 Å². The first-order chi connectivity index (χ1) is 7.70. The molecule has 0 N–H and O–H groups in total. The highest BCUT2D eigenvalue weighted by Crippen LogP contribution is 2.14. The Morgan fingerprint density at radius 1 is 1.25 bits per heavy atom. The summed E-state index contributed by atoms with van der Waals surface area (Å²) in [5.41, 5.74) is 0. The third-order valence-corrected chi connectivity index (χ3v) is 2.66. The van der Waals surface area contributed by atoms with E-state index >= 15 is 0 Å². The van der Waals surface area contributed by atoms with Gasteiger partial charge in [0.25, 0.3) is 0 Å². The second-order valence-corrected chi connectivity index (χ2v) is 4.25. The summed E-state index contributed by atoms with van der Waals surface area (Å²) in [7, 11) is 0. The molecule has 0 radical (unpaired) electrons. The molecule has 1 atom stereocenters. The lowest BCUT2D eigenvalue weighted by atomic mass is 9.98. The van der Waals surface area contributed by atoms with E-state index in [1.165, 1.54) is 0 Å². The van der Waals surface area contributed by atoms with Crippen molar-refractivity contribution in [3.63, 3.8) is 0 Å². The number of ether oxygens (including phenoxy) is 1. The van der Waals surface area contributed by atoms with Crippen LogP contribution in [0.4, 0.5) is 0 Å². The summed E-state index contributed by atoms with van der Waals surface area (Å²) in [6, 6.07) is 0. The fourth-order valence-electron chi connectivity index (χ4n) is 1.67. The van der Waals surface area contributed by atoms with Gasteiger partial charge in [-0.2, -0.15) is 0 Å². The predicted octanol–water partition coefficient (Wildman–Crippen LogP) is 3.12. The number of carbonyl (C=O) groups excluding carboxylic acids is 2. The first-order valence-electron chi connectivity index (χ1n) is 6.30. The molecule has 16 heavy (non-hydrogen) atoms. The van der Waals surface area contributed by atoms with Gasteiger partial charge >= 0.3 is 5.97 Å². The van der Waals surface area contributed by atoms with E-state index in [9.17, 15) is 9.59 Å². The Morgan fingerprint density at radius 2 is 2.00 bits per heavy atom. The van der Waals surface area contributed by atoms with E-state index in [1.807, 2.05) is 6.92 Å². The molecule has 0 fully saturated rings. The molecule has 94 valence electrons. The molecule has 3 nitrogen and oxygen atoms in total. The van der Waals surface area contributed by atoms with Gasteiger partial charge in [0.2, 0.25) is 0 Å². The van der Waals surface area contributed by atoms with Crippen molar-refractivity contribution in [2.75, 3.05) is 6.61 Å². The number of rotatable bonds is 10. The lowest BCUT2D eigenvalue weighted by Crippen LogP contribution is -2.03. The van der Waals surface area contributed by atoms with Crippen LogP contribution in [0.1, 0.15) is 58.8 Å². The quantitative estimate of drug-likeness (QED) is 0.328. The highest BCUT2D eigenvalue weighted by Gasteiger charge is 2.03. The number of carbonyl (C=O) groups is 2. The van der Waals surface area contributed by atoms with Crippen molar-refractivity contribution < 1.29 is 14.3 Å². The summed E-state index contributed by atoms with van der Waals surface area (Å²) in [4.78, 5) is 21.2. The van der Waals surface area contributed by atoms with Crippen molar-refractivity contribution in [2.45, 2.75) is 58.8 Å². The Kier molecular flexibility index (Phi) is 10.1. The van der Waals surface area contributed by atoms with Crippen LogP contribution < -0.4 is 0 Å². The maximum Gasteiger partial charge on any atom is 0.305 e. The number of hydrogen-bond donors (Lipinski definition) is 0. The molecular formula is C13H24O3. The Balaban J connectivity index is 3.25. The summed E-state index contributed by atoms with van der Waals surface area (Å²) >= 11 is 0. The zero-order valence-corrected chi connectivity index (χ0v) is 10.5. The van der Waals surface area contributed by atoms with Crippen LogP contribution in [0.25, 0.3) is 0 Å². The van der Waals surface area contributed by atoms with E-state index in [1.54, 1.807) is 0 Å². The van der Waals surface area contributed by atoms with Gasteiger partial charge < -0.3 is 9.53 Å². The van der Waals surface area contributed by atoms with Crippen LogP contribution in [0.15, 0.2) is 0 Å². The number of hydrogen-bond acceptors (Lipinski definition) is 3. The molecule has 0 aromatic carbocycles. The topological polar surface area (TPSA) is 43.4 Å². The van der Waals surface area contributed by atoms with Gasteiger partial charge in [-0.1, -0.05) is 26.2 Å². The summed E-state index contributed by atoms with van der Waals surface area (Å²) in [6.07, 6.45) is 7.46. The van der Waals surface area contributed by atoms with E-state index < -0.39 is 0 Å². The molecule has 0 saturated carbocycles. The minimum absolute atomic E-state index is 0.0866. The Hall–Kier alpha value is -0.860. The molecule has 0 amide bonds. The zero-order chi connectivity index (χ0) is 12.2. The highest BCUT2D eigenvalue weighted by atomic mass is 16.5. The van der Waals surface area contributed by atoms with Crippen LogP contribution in [0.3, 0.4) is 0 Å². The van der Waals surface area contributed by atoms with Gasteiger partial charge in [0, 0.05) is 12.8 Å². The third-order valence-electron chi connectivity index (χ3n) is 2.66. The van der Waals surface area contributed by atoms with Gasteiger partial charge in [-0.3, -0.25) is 4.79 Å². The van der Waals surface area contributed by atoms with E-state index in [0.29, 0.717) is 25.4 Å². The van der Waals surface area contributed by atoms with Gasteiger partial charge in [0.1, 0.15) is 6.29 Å². The highest BCUT2D eigenvalue weighted by molar-refractivity contribution is 5.69. The molecule has 0 heterocycles. The van der Waals surface area contributed by atoms with E-state index in [4.69, 9.17) is 4.74 Å². The fraction of sp³-hybridized carbons (Fsp3) is 0.846. The largest absolute Gasteiger partial charge is 0.466 e. The zero-order valence-electron chi connectivity index (χ0n) is 10.5. The van der Waals surface area contributed by atoms with Gasteiger partial charge in [-0.25, -0.2) is 0 Å². The van der Waals surface area contributed by atoms with Crippen LogP contribution in [-0.4, -0.2) is 18.9 Å². The first-order valence-corrected chi connectivity index (χ1v) is 6.30. The molecule has 0 saturated heterocycles. The first kappa shape index (κ1) is 15.1. The minimum atomic E-state index is -0.0866. The van der Waals surface area contributed by atoms with Crippen molar-refractivity contribution in [2.24, 2.45) is 5.92 Å². The van der Waals surface area contributed by atoms with Crippen molar-refractivity contribution >= 4 is 12.3 Å². The molecule has 0 unspecified atom stereocenters. The summed E-state index contributed by atoms with van der Waals surface area (Å²) in [6.45, 7) is 4.48. The monoisotopic (exact) mass is 228 g/mol. The number of esters is 1. The van der Waals surface area contributed by atoms with Crippen LogP contribution in [-0.2, 0) is 14.3 Å². The number of unbranched alkanes of at least 4 members (excludes halogenated alkanes) is 2. The summed E-state index contributed by atoms with van der Waals surface area (Å²) < 4.78 is 4.84. The van der Waals surface area contributed by atoms with Crippen molar-refractivity contribution in [1.82, 2.24) is 0 Å². The molecule has 0 aliphatic heterocycles. The van der Waals surface area contributed by atoms with Gasteiger partial charge in [-0.05, 0) is 25.7 Å². The average Bonchev–Trinajstić information content (AvgIpc) is 2.26. The molecule has 3 heteroatoms. The minimum Gasteiger partial charge on any atom is -0.466 e. The molecule has 0 spiro atoms. The maximum absolute atomic E-state index is 11.0. The molecule has 0 aliphatic carbocycles. The molecule has 0 bridgehead atoms. The van der Waals surface area contributed by atoms with Gasteiger partial charge in [-0.15, -0.1) is 0 Å². The van der Waals surface area contributed by atoms with Crippen molar-refractivity contribution in [1.29, 1.82) is 0 Å². The van der Waals surface area contributed by atoms with E-state index in [2.05, 4.69) is 6.92 Å². The Morgan fingerprint density at radius 3 is 2.62 bits per heavy atom. The maximum atomic E-state index is 11.0. The lowest BCUT2D eigenvalue weighted by Gasteiger charge is -2.08. The van der Waals surface area contributed by atoms with E-state index in [0.717, 1.165) is 38.4 Å². The molecule has 0 aliphatic rings. The normalized spacial score (nSPS) is 12.1. The molecular weight excluding hydrogens is 204 g/mol. The van der Waals surface area contributed by atoms with Gasteiger partial charge in [0.15, 0.2) is 0 Å². The van der Waals surface area contributed by atoms with E-state index in [-0.39, 0.29) is 5.97 Å². The second-order valence-electron chi connectivity index (χ2n) is 4.25. The predicted molar refractivity (Wildman–Crippen MR) is 64.2 cm³/mol. The average molecular weight is 228 g/mol. The standard InChI is InChI=1S/C13H24O3/c1-3-16-13(15)10-6-4-5-8-12(2)9-7-11-14/h11-12H,3-10H2,1-2H3/t12-/m0/s1. The Bertz CT molecular complexity index is 190. The summed E-state index contributed by atoms with van der Waals surface area (Å²) in [5, 5.41) is 0.